The van der Waals surface area contributed by atoms with E-state index in [9.17, 15) is 0 Å². The van der Waals surface area contributed by atoms with Crippen LogP contribution < -0.4 is 4.74 Å². The summed E-state index contributed by atoms with van der Waals surface area (Å²) in [5.74, 6) is 0.877. The number of nitrogens with zero attached hydrogens (tertiary/aromatic N) is 1. The lowest BCUT2D eigenvalue weighted by Gasteiger charge is -2.14. The molecule has 0 aliphatic carbocycles. The van der Waals surface area contributed by atoms with Gasteiger partial charge in [-0.1, -0.05) is 32.9 Å². The molecule has 0 saturated carbocycles. The summed E-state index contributed by atoms with van der Waals surface area (Å²) in [6.07, 6.45) is 3.22. The Morgan fingerprint density at radius 1 is 0.880 bits per heavy atom. The molecule has 3 aromatic rings. The van der Waals surface area contributed by atoms with Gasteiger partial charge < -0.3 is 4.74 Å². The van der Waals surface area contributed by atoms with E-state index in [1.165, 1.54) is 44.9 Å². The first kappa shape index (κ1) is 17.7. The van der Waals surface area contributed by atoms with Crippen LogP contribution in [0.5, 0.6) is 5.75 Å². The van der Waals surface area contributed by atoms with Crippen LogP contribution in [-0.2, 0) is 19.3 Å². The average molecular weight is 352 g/mol. The summed E-state index contributed by atoms with van der Waals surface area (Å²) >= 11 is 1.52. The third-order valence-electron chi connectivity index (χ3n) is 4.79. The van der Waals surface area contributed by atoms with Crippen molar-refractivity contribution in [3.05, 3.63) is 58.5 Å². The summed E-state index contributed by atoms with van der Waals surface area (Å²) in [4.78, 5) is 0. The Balaban J connectivity index is 2.10. The summed E-state index contributed by atoms with van der Waals surface area (Å²) in [6.45, 7) is 6.73. The minimum Gasteiger partial charge on any atom is -0.497 e. The number of hydrogen-bond donors (Lipinski definition) is 0. The molecule has 3 rings (SSSR count). The number of rotatable bonds is 6. The summed E-state index contributed by atoms with van der Waals surface area (Å²) in [6, 6.07) is 12.9. The van der Waals surface area contributed by atoms with Gasteiger partial charge in [-0.25, -0.2) is 0 Å². The van der Waals surface area contributed by atoms with Crippen LogP contribution in [0.15, 0.2) is 41.8 Å². The van der Waals surface area contributed by atoms with Crippen molar-refractivity contribution in [2.45, 2.75) is 40.0 Å². The van der Waals surface area contributed by atoms with E-state index in [0.717, 1.165) is 30.7 Å². The number of aromatic nitrogens is 1. The maximum absolute atomic E-state index is 5.27. The maximum atomic E-state index is 5.27. The van der Waals surface area contributed by atoms with Crippen LogP contribution >= 0.6 is 11.5 Å². The van der Waals surface area contributed by atoms with E-state index in [4.69, 9.17) is 9.11 Å². The molecule has 2 nitrogen and oxygen atoms in total. The second kappa shape index (κ2) is 7.83. The zero-order chi connectivity index (χ0) is 17.8. The molecule has 3 heteroatoms. The van der Waals surface area contributed by atoms with Crippen LogP contribution in [0.25, 0.3) is 22.4 Å². The molecule has 1 aromatic heterocycles. The lowest BCUT2D eigenvalue weighted by atomic mass is 9.91. The Hall–Kier alpha value is -2.13. The molecule has 0 fully saturated rings. The van der Waals surface area contributed by atoms with E-state index in [0.29, 0.717) is 0 Å². The van der Waals surface area contributed by atoms with Crippen molar-refractivity contribution in [3.8, 4) is 28.1 Å². The Bertz CT molecular complexity index is 824. The van der Waals surface area contributed by atoms with Crippen molar-refractivity contribution in [2.24, 2.45) is 0 Å². The fourth-order valence-electron chi connectivity index (χ4n) is 3.44. The Morgan fingerprint density at radius 3 is 2.04 bits per heavy atom. The summed E-state index contributed by atoms with van der Waals surface area (Å²) in [5.41, 5.74) is 9.10. The number of ether oxygens (including phenoxy) is 1. The fraction of sp³-hybridized carbons (Fsp3) is 0.318. The summed E-state index contributed by atoms with van der Waals surface area (Å²) in [5, 5.41) is 2.14. The van der Waals surface area contributed by atoms with Crippen LogP contribution in [0, 0.1) is 0 Å². The minimum absolute atomic E-state index is 0.877. The molecule has 130 valence electrons. The van der Waals surface area contributed by atoms with Gasteiger partial charge in [0.15, 0.2) is 0 Å². The number of hydrogen-bond acceptors (Lipinski definition) is 3. The molecule has 0 bridgehead atoms. The van der Waals surface area contributed by atoms with Crippen LogP contribution in [0.1, 0.15) is 37.5 Å². The average Bonchev–Trinajstić information content (AvgIpc) is 3.16. The standard InChI is InChI=1S/C22H25NOS/c1-5-15-12-18(13-16(6-2)20(15)7-3)22-21(14-25-23-22)17-8-10-19(24-4)11-9-17/h8-14H,5-7H2,1-4H3. The molecule has 0 amide bonds. The Kier molecular flexibility index (Phi) is 5.54. The van der Waals surface area contributed by atoms with Gasteiger partial charge in [-0.3, -0.25) is 0 Å². The van der Waals surface area contributed by atoms with E-state index in [1.807, 2.05) is 12.1 Å². The Labute approximate surface area is 154 Å². The van der Waals surface area contributed by atoms with Gasteiger partial charge in [0.25, 0.3) is 0 Å². The van der Waals surface area contributed by atoms with Gasteiger partial charge in [-0.05, 0) is 77.3 Å². The zero-order valence-electron chi connectivity index (χ0n) is 15.4. The molecule has 0 saturated heterocycles. The first-order valence-electron chi connectivity index (χ1n) is 8.95. The first-order valence-corrected chi connectivity index (χ1v) is 9.79. The third-order valence-corrected chi connectivity index (χ3v) is 5.42. The molecule has 0 N–H and O–H groups in total. The first-order chi connectivity index (χ1) is 12.2. The van der Waals surface area contributed by atoms with Crippen molar-refractivity contribution >= 4 is 11.5 Å². The third kappa shape index (κ3) is 3.47. The van der Waals surface area contributed by atoms with Gasteiger partial charge in [-0.2, -0.15) is 4.37 Å². The lowest BCUT2D eigenvalue weighted by Crippen LogP contribution is -1.99. The van der Waals surface area contributed by atoms with Crippen molar-refractivity contribution in [3.63, 3.8) is 0 Å². The van der Waals surface area contributed by atoms with Gasteiger partial charge in [0, 0.05) is 16.5 Å². The predicted molar refractivity (Wildman–Crippen MR) is 108 cm³/mol. The van der Waals surface area contributed by atoms with Gasteiger partial charge in [0.05, 0.1) is 12.8 Å². The largest absolute Gasteiger partial charge is 0.497 e. The molecule has 0 aliphatic rings. The molecule has 0 unspecified atom stereocenters. The smallest absolute Gasteiger partial charge is 0.118 e. The van der Waals surface area contributed by atoms with E-state index in [1.54, 1.807) is 7.11 Å². The van der Waals surface area contributed by atoms with Gasteiger partial charge in [0.2, 0.25) is 0 Å². The highest BCUT2D eigenvalue weighted by molar-refractivity contribution is 7.04. The number of benzene rings is 2. The normalized spacial score (nSPS) is 10.9. The molecule has 0 spiro atoms. The van der Waals surface area contributed by atoms with Crippen molar-refractivity contribution in [1.29, 1.82) is 0 Å². The number of methoxy groups -OCH3 is 1. The molecule has 25 heavy (non-hydrogen) atoms. The second-order valence-corrected chi connectivity index (χ2v) is 6.77. The molecule has 0 radical (unpaired) electrons. The topological polar surface area (TPSA) is 22.1 Å². The van der Waals surface area contributed by atoms with E-state index in [-0.39, 0.29) is 0 Å². The highest BCUT2D eigenvalue weighted by Crippen LogP contribution is 2.35. The summed E-state index contributed by atoms with van der Waals surface area (Å²) < 4.78 is 10.00. The Morgan fingerprint density at radius 2 is 1.52 bits per heavy atom. The van der Waals surface area contributed by atoms with Crippen LogP contribution in [-0.4, -0.2) is 11.5 Å². The van der Waals surface area contributed by atoms with Gasteiger partial charge >= 0.3 is 0 Å². The van der Waals surface area contributed by atoms with Gasteiger partial charge in [0.1, 0.15) is 5.75 Å². The molecule has 2 aromatic carbocycles. The fourth-order valence-corrected chi connectivity index (χ4v) is 4.15. The number of aryl methyl sites for hydroxylation is 2. The quantitative estimate of drug-likeness (QED) is 0.529. The van der Waals surface area contributed by atoms with Crippen LogP contribution in [0.4, 0.5) is 0 Å². The van der Waals surface area contributed by atoms with Crippen molar-refractivity contribution in [2.75, 3.05) is 7.11 Å². The zero-order valence-corrected chi connectivity index (χ0v) is 16.2. The van der Waals surface area contributed by atoms with Crippen LogP contribution in [0.2, 0.25) is 0 Å². The maximum Gasteiger partial charge on any atom is 0.118 e. The lowest BCUT2D eigenvalue weighted by molar-refractivity contribution is 0.415. The SMILES string of the molecule is CCc1cc(-c2nscc2-c2ccc(OC)cc2)cc(CC)c1CC. The van der Waals surface area contributed by atoms with Crippen molar-refractivity contribution < 1.29 is 4.74 Å². The summed E-state index contributed by atoms with van der Waals surface area (Å²) in [7, 11) is 1.69. The monoisotopic (exact) mass is 351 g/mol. The van der Waals surface area contributed by atoms with Crippen LogP contribution in [0.3, 0.4) is 0 Å². The highest BCUT2D eigenvalue weighted by atomic mass is 32.1. The molecular weight excluding hydrogens is 326 g/mol. The van der Waals surface area contributed by atoms with E-state index in [2.05, 4.69) is 50.4 Å². The molecular formula is C22H25NOS. The highest BCUT2D eigenvalue weighted by Gasteiger charge is 2.14. The molecule has 1 heterocycles. The van der Waals surface area contributed by atoms with E-state index < -0.39 is 0 Å². The van der Waals surface area contributed by atoms with Gasteiger partial charge in [-0.15, -0.1) is 0 Å². The van der Waals surface area contributed by atoms with E-state index >= 15 is 0 Å². The second-order valence-electron chi connectivity index (χ2n) is 6.14. The van der Waals surface area contributed by atoms with Crippen molar-refractivity contribution in [1.82, 2.24) is 4.37 Å². The molecule has 0 atom stereocenters. The molecule has 0 aliphatic heterocycles. The minimum atomic E-state index is 0.877. The predicted octanol–water partition coefficient (Wildman–Crippen LogP) is 6.17.